The Labute approximate surface area is 189 Å². The van der Waals surface area contributed by atoms with E-state index in [4.69, 9.17) is 21.1 Å². The summed E-state index contributed by atoms with van der Waals surface area (Å²) in [5, 5.41) is 2.97. The predicted octanol–water partition coefficient (Wildman–Crippen LogP) is 4.21. The second-order valence-electron chi connectivity index (χ2n) is 7.48. The van der Waals surface area contributed by atoms with Crippen LogP contribution in [0.15, 0.2) is 53.3 Å². The van der Waals surface area contributed by atoms with Crippen LogP contribution in [0.2, 0.25) is 5.02 Å². The maximum Gasteiger partial charge on any atom is 0.261 e. The molecule has 32 heavy (non-hydrogen) atoms. The molecular formula is C24H21ClN2O5. The highest BCUT2D eigenvalue weighted by molar-refractivity contribution is 6.33. The summed E-state index contributed by atoms with van der Waals surface area (Å²) in [6.07, 6.45) is 0.707. The van der Waals surface area contributed by atoms with E-state index in [1.54, 1.807) is 44.6 Å². The highest BCUT2D eigenvalue weighted by Gasteiger charge is 2.29. The van der Waals surface area contributed by atoms with Gasteiger partial charge in [0.25, 0.3) is 11.5 Å². The van der Waals surface area contributed by atoms with Crippen LogP contribution < -0.4 is 20.3 Å². The van der Waals surface area contributed by atoms with E-state index in [0.29, 0.717) is 39.9 Å². The molecule has 1 aromatic heterocycles. The zero-order valence-corrected chi connectivity index (χ0v) is 18.3. The number of pyridine rings is 1. The summed E-state index contributed by atoms with van der Waals surface area (Å²) in [6, 6.07) is 13.6. The van der Waals surface area contributed by atoms with Gasteiger partial charge in [-0.05, 0) is 48.2 Å². The number of carbonyl (C=O) groups excluding carboxylic acids is 2. The summed E-state index contributed by atoms with van der Waals surface area (Å²) in [6.45, 7) is 0. The number of Topliss-reactive ketones (excluding diaryl/α,β-unsaturated/α-hetero) is 1. The maximum absolute atomic E-state index is 12.9. The largest absolute Gasteiger partial charge is 0.493 e. The Kier molecular flexibility index (Phi) is 6.01. The number of methoxy groups -OCH3 is 2. The lowest BCUT2D eigenvalue weighted by Crippen LogP contribution is -2.29. The zero-order chi connectivity index (χ0) is 22.8. The van der Waals surface area contributed by atoms with E-state index < -0.39 is 11.5 Å². The van der Waals surface area contributed by atoms with Crippen LogP contribution >= 0.6 is 11.6 Å². The summed E-state index contributed by atoms with van der Waals surface area (Å²) in [7, 11) is 3.11. The van der Waals surface area contributed by atoms with Crippen molar-refractivity contribution >= 4 is 29.0 Å². The molecule has 1 amide bonds. The van der Waals surface area contributed by atoms with E-state index in [0.717, 1.165) is 5.56 Å². The van der Waals surface area contributed by atoms with E-state index in [-0.39, 0.29) is 23.7 Å². The second kappa shape index (κ2) is 8.88. The minimum Gasteiger partial charge on any atom is -0.493 e. The number of hydrogen-bond acceptors (Lipinski definition) is 5. The van der Waals surface area contributed by atoms with Crippen LogP contribution in [0.4, 0.5) is 5.69 Å². The highest BCUT2D eigenvalue weighted by Crippen LogP contribution is 2.36. The van der Waals surface area contributed by atoms with Gasteiger partial charge in [0.15, 0.2) is 17.3 Å². The topological polar surface area (TPSA) is 97.5 Å². The van der Waals surface area contributed by atoms with Gasteiger partial charge >= 0.3 is 0 Å². The third-order valence-corrected chi connectivity index (χ3v) is 5.88. The van der Waals surface area contributed by atoms with Crippen molar-refractivity contribution < 1.29 is 19.1 Å². The lowest BCUT2D eigenvalue weighted by Gasteiger charge is -2.24. The molecule has 164 valence electrons. The van der Waals surface area contributed by atoms with Gasteiger partial charge in [-0.2, -0.15) is 0 Å². The zero-order valence-electron chi connectivity index (χ0n) is 17.5. The number of aromatic amines is 1. The van der Waals surface area contributed by atoms with Crippen molar-refractivity contribution in [2.45, 2.75) is 18.8 Å². The highest BCUT2D eigenvalue weighted by atomic mass is 35.5. The number of ketones is 1. The minimum absolute atomic E-state index is 0.131. The number of fused-ring (bicyclic) bond motifs is 1. The molecule has 0 bridgehead atoms. The minimum atomic E-state index is -0.628. The number of amides is 1. The predicted molar refractivity (Wildman–Crippen MR) is 121 cm³/mol. The number of ether oxygens (including phenoxy) is 2. The Hall–Kier alpha value is -3.58. The van der Waals surface area contributed by atoms with Gasteiger partial charge in [0.2, 0.25) is 0 Å². The molecule has 4 rings (SSSR count). The molecular weight excluding hydrogens is 432 g/mol. The summed E-state index contributed by atoms with van der Waals surface area (Å²) in [4.78, 5) is 41.0. The number of benzene rings is 2. The molecule has 0 spiro atoms. The number of halogens is 1. The van der Waals surface area contributed by atoms with E-state index >= 15 is 0 Å². The number of H-pyrrole nitrogens is 1. The third kappa shape index (κ3) is 4.11. The van der Waals surface area contributed by atoms with Gasteiger partial charge in [0.1, 0.15) is 5.56 Å². The monoisotopic (exact) mass is 452 g/mol. The van der Waals surface area contributed by atoms with Crippen LogP contribution in [0.1, 0.15) is 44.3 Å². The molecule has 0 aliphatic heterocycles. The molecule has 2 aromatic carbocycles. The van der Waals surface area contributed by atoms with Gasteiger partial charge in [-0.25, -0.2) is 0 Å². The number of aromatic nitrogens is 1. The van der Waals surface area contributed by atoms with Crippen LogP contribution in [0.5, 0.6) is 11.5 Å². The number of hydrogen-bond donors (Lipinski definition) is 2. The fourth-order valence-electron chi connectivity index (χ4n) is 3.89. The van der Waals surface area contributed by atoms with Crippen LogP contribution in [-0.4, -0.2) is 30.9 Å². The van der Waals surface area contributed by atoms with Crippen molar-refractivity contribution in [3.8, 4) is 11.5 Å². The lowest BCUT2D eigenvalue weighted by molar-refractivity contribution is 0.0963. The molecule has 1 aliphatic carbocycles. The summed E-state index contributed by atoms with van der Waals surface area (Å²) in [5.41, 5.74) is 1.46. The molecule has 7 nitrogen and oxygen atoms in total. The Morgan fingerprint density at radius 2 is 1.78 bits per heavy atom. The van der Waals surface area contributed by atoms with E-state index in [9.17, 15) is 14.4 Å². The Morgan fingerprint density at radius 1 is 1.03 bits per heavy atom. The Morgan fingerprint density at radius 3 is 2.50 bits per heavy atom. The molecule has 1 atom stereocenters. The fourth-order valence-corrected chi connectivity index (χ4v) is 4.08. The summed E-state index contributed by atoms with van der Waals surface area (Å²) in [5.74, 6) is 0.268. The van der Waals surface area contributed by atoms with Gasteiger partial charge in [-0.1, -0.05) is 29.8 Å². The van der Waals surface area contributed by atoms with E-state index in [1.807, 2.05) is 12.1 Å². The third-order valence-electron chi connectivity index (χ3n) is 5.55. The lowest BCUT2D eigenvalue weighted by atomic mass is 9.81. The van der Waals surface area contributed by atoms with Crippen molar-refractivity contribution in [2.75, 3.05) is 19.5 Å². The molecule has 1 aliphatic rings. The van der Waals surface area contributed by atoms with Crippen LogP contribution in [0.25, 0.3) is 0 Å². The SMILES string of the molecule is COc1ccc(C2CC(=O)c3cc(C(=O)Nc4ccccc4Cl)c(=O)[nH]c3C2)cc1OC. The van der Waals surface area contributed by atoms with Crippen molar-refractivity contribution in [2.24, 2.45) is 0 Å². The average molecular weight is 453 g/mol. The first-order chi connectivity index (χ1) is 15.4. The van der Waals surface area contributed by atoms with Crippen molar-refractivity contribution in [3.63, 3.8) is 0 Å². The number of para-hydroxylation sites is 1. The standard InChI is InChI=1S/C24H21ClN2O5/c1-31-21-8-7-13(11-22(21)32-2)14-9-19-15(20(28)10-14)12-16(24(30)27-19)23(29)26-18-6-4-3-5-17(18)25/h3-8,11-12,14H,9-10H2,1-2H3,(H,26,29)(H,27,30). The second-order valence-corrected chi connectivity index (χ2v) is 7.89. The van der Waals surface area contributed by atoms with Crippen molar-refractivity contribution in [1.29, 1.82) is 0 Å². The maximum atomic E-state index is 12.9. The fraction of sp³-hybridized carbons (Fsp3) is 0.208. The van der Waals surface area contributed by atoms with Crippen LogP contribution in [-0.2, 0) is 6.42 Å². The average Bonchev–Trinajstić information content (AvgIpc) is 2.79. The van der Waals surface area contributed by atoms with Crippen LogP contribution in [0, 0.1) is 0 Å². The number of anilines is 1. The van der Waals surface area contributed by atoms with Gasteiger partial charge < -0.3 is 19.8 Å². The number of carbonyl (C=O) groups is 2. The van der Waals surface area contributed by atoms with E-state index in [1.165, 1.54) is 6.07 Å². The van der Waals surface area contributed by atoms with Gasteiger partial charge in [-0.3, -0.25) is 14.4 Å². The molecule has 3 aromatic rings. The smallest absolute Gasteiger partial charge is 0.261 e. The number of rotatable bonds is 5. The molecule has 0 radical (unpaired) electrons. The van der Waals surface area contributed by atoms with Crippen LogP contribution in [0.3, 0.4) is 0 Å². The molecule has 8 heteroatoms. The molecule has 0 saturated carbocycles. The van der Waals surface area contributed by atoms with Gasteiger partial charge in [0, 0.05) is 17.7 Å². The molecule has 0 saturated heterocycles. The molecule has 1 heterocycles. The molecule has 1 unspecified atom stereocenters. The van der Waals surface area contributed by atoms with Gasteiger partial charge in [0.05, 0.1) is 24.9 Å². The first-order valence-corrected chi connectivity index (χ1v) is 10.4. The summed E-state index contributed by atoms with van der Waals surface area (Å²) >= 11 is 6.08. The molecule has 0 fully saturated rings. The first-order valence-electron chi connectivity index (χ1n) is 9.98. The first kappa shape index (κ1) is 21.6. The normalized spacial score (nSPS) is 15.1. The van der Waals surface area contributed by atoms with Gasteiger partial charge in [-0.15, -0.1) is 0 Å². The summed E-state index contributed by atoms with van der Waals surface area (Å²) < 4.78 is 10.6. The Balaban J connectivity index is 1.62. The van der Waals surface area contributed by atoms with Crippen molar-refractivity contribution in [3.05, 3.63) is 86.3 Å². The van der Waals surface area contributed by atoms with E-state index in [2.05, 4.69) is 10.3 Å². The molecule has 2 N–H and O–H groups in total. The number of nitrogens with one attached hydrogen (secondary N) is 2. The quantitative estimate of drug-likeness (QED) is 0.604. The Bertz CT molecular complexity index is 1270. The van der Waals surface area contributed by atoms with Crippen molar-refractivity contribution in [1.82, 2.24) is 4.98 Å².